The Morgan fingerprint density at radius 1 is 0.833 bits per heavy atom. The van der Waals surface area contributed by atoms with Crippen molar-refractivity contribution in [1.82, 2.24) is 4.98 Å². The van der Waals surface area contributed by atoms with Crippen molar-refractivity contribution in [3.8, 4) is 11.8 Å². The van der Waals surface area contributed by atoms with Crippen LogP contribution < -0.4 is 0 Å². The molecule has 0 aromatic carbocycles. The van der Waals surface area contributed by atoms with E-state index in [0.29, 0.717) is 6.42 Å². The van der Waals surface area contributed by atoms with Crippen LogP contribution in [0.3, 0.4) is 0 Å². The smallest absolute Gasteiger partial charge is 0.202 e. The van der Waals surface area contributed by atoms with Crippen molar-refractivity contribution >= 4 is 5.78 Å². The number of aromatic amines is 1. The van der Waals surface area contributed by atoms with Crippen LogP contribution in [0, 0.1) is 0 Å². The first-order valence-corrected chi connectivity index (χ1v) is 9.79. The van der Waals surface area contributed by atoms with Gasteiger partial charge in [0.2, 0.25) is 5.88 Å². The van der Waals surface area contributed by atoms with E-state index < -0.39 is 0 Å². The molecule has 24 heavy (non-hydrogen) atoms. The zero-order valence-electron chi connectivity index (χ0n) is 15.3. The van der Waals surface area contributed by atoms with Crippen molar-refractivity contribution in [2.75, 3.05) is 0 Å². The standard InChI is InChI=1S/C20H35NO3/c1-2-3-4-5-6-7-8-9-10-11-12-13-14-15-18(22)17-16-19(23)21-20(17)24/h16,21,23-24H,2-15H2,1H3. The molecule has 4 nitrogen and oxygen atoms in total. The lowest BCUT2D eigenvalue weighted by Crippen LogP contribution is -1.97. The molecule has 1 aromatic rings. The molecule has 0 aliphatic rings. The first-order chi connectivity index (χ1) is 11.6. The highest BCUT2D eigenvalue weighted by Gasteiger charge is 2.14. The normalized spacial score (nSPS) is 11.0. The van der Waals surface area contributed by atoms with Gasteiger partial charge in [-0.2, -0.15) is 0 Å². The van der Waals surface area contributed by atoms with Gasteiger partial charge in [0.1, 0.15) is 0 Å². The molecule has 0 amide bonds. The van der Waals surface area contributed by atoms with Gasteiger partial charge in [0.15, 0.2) is 11.7 Å². The van der Waals surface area contributed by atoms with E-state index in [0.717, 1.165) is 12.8 Å². The third-order valence-corrected chi connectivity index (χ3v) is 4.59. The number of hydrogen-bond acceptors (Lipinski definition) is 3. The van der Waals surface area contributed by atoms with Gasteiger partial charge in [0.25, 0.3) is 0 Å². The maximum Gasteiger partial charge on any atom is 0.202 e. The first kappa shape index (κ1) is 20.6. The van der Waals surface area contributed by atoms with E-state index in [-0.39, 0.29) is 23.1 Å². The fourth-order valence-electron chi connectivity index (χ4n) is 3.08. The van der Waals surface area contributed by atoms with E-state index >= 15 is 0 Å². The van der Waals surface area contributed by atoms with Crippen LogP contribution >= 0.6 is 0 Å². The van der Waals surface area contributed by atoms with Crippen LogP contribution in [0.25, 0.3) is 0 Å². The number of ketones is 1. The van der Waals surface area contributed by atoms with Gasteiger partial charge in [0.05, 0.1) is 5.56 Å². The number of rotatable bonds is 15. The summed E-state index contributed by atoms with van der Waals surface area (Å²) < 4.78 is 0. The SMILES string of the molecule is CCCCCCCCCCCCCCCC(=O)c1cc(O)[nH]c1O. The van der Waals surface area contributed by atoms with Gasteiger partial charge in [-0.3, -0.25) is 9.78 Å². The Morgan fingerprint density at radius 2 is 1.29 bits per heavy atom. The molecule has 1 rings (SSSR count). The van der Waals surface area contributed by atoms with Crippen LogP contribution in [0.15, 0.2) is 6.07 Å². The Balaban J connectivity index is 1.89. The second-order valence-corrected chi connectivity index (χ2v) is 6.83. The number of hydrogen-bond donors (Lipinski definition) is 3. The van der Waals surface area contributed by atoms with Crippen molar-refractivity contribution in [2.45, 2.75) is 96.8 Å². The summed E-state index contributed by atoms with van der Waals surface area (Å²) in [6.07, 6.45) is 17.0. The van der Waals surface area contributed by atoms with E-state index in [9.17, 15) is 15.0 Å². The number of carbonyl (C=O) groups is 1. The molecule has 0 bridgehead atoms. The molecule has 4 heteroatoms. The number of aromatic hydroxyl groups is 2. The lowest BCUT2D eigenvalue weighted by Gasteiger charge is -2.03. The van der Waals surface area contributed by atoms with Crippen LogP contribution in [0.5, 0.6) is 11.8 Å². The van der Waals surface area contributed by atoms with Gasteiger partial charge in [-0.25, -0.2) is 0 Å². The third-order valence-electron chi connectivity index (χ3n) is 4.59. The predicted octanol–water partition coefficient (Wildman–Crippen LogP) is 6.09. The van der Waals surface area contributed by atoms with Crippen molar-refractivity contribution in [1.29, 1.82) is 0 Å². The third kappa shape index (κ3) is 8.99. The molecule has 0 radical (unpaired) electrons. The van der Waals surface area contributed by atoms with E-state index in [2.05, 4.69) is 11.9 Å². The average Bonchev–Trinajstić information content (AvgIpc) is 2.90. The van der Waals surface area contributed by atoms with Crippen molar-refractivity contribution in [3.05, 3.63) is 11.6 Å². The summed E-state index contributed by atoms with van der Waals surface area (Å²) in [7, 11) is 0. The second kappa shape index (κ2) is 12.9. The maximum absolute atomic E-state index is 11.9. The molecule has 3 N–H and O–H groups in total. The van der Waals surface area contributed by atoms with Gasteiger partial charge < -0.3 is 10.2 Å². The van der Waals surface area contributed by atoms with Crippen molar-refractivity contribution < 1.29 is 15.0 Å². The summed E-state index contributed by atoms with van der Waals surface area (Å²) >= 11 is 0. The Kier molecular flexibility index (Phi) is 11.1. The van der Waals surface area contributed by atoms with Gasteiger partial charge in [-0.15, -0.1) is 0 Å². The molecule has 0 atom stereocenters. The molecule has 138 valence electrons. The molecule has 1 aromatic heterocycles. The molecular weight excluding hydrogens is 302 g/mol. The fraction of sp³-hybridized carbons (Fsp3) is 0.750. The van der Waals surface area contributed by atoms with Gasteiger partial charge in [-0.1, -0.05) is 84.0 Å². The lowest BCUT2D eigenvalue weighted by molar-refractivity contribution is 0.0976. The summed E-state index contributed by atoms with van der Waals surface area (Å²) in [5, 5.41) is 18.7. The van der Waals surface area contributed by atoms with E-state index in [1.807, 2.05) is 0 Å². The van der Waals surface area contributed by atoms with Gasteiger partial charge in [-0.05, 0) is 6.42 Å². The highest BCUT2D eigenvalue weighted by Crippen LogP contribution is 2.23. The summed E-state index contributed by atoms with van der Waals surface area (Å²) in [4.78, 5) is 14.2. The van der Waals surface area contributed by atoms with Crippen LogP contribution in [-0.2, 0) is 0 Å². The minimum Gasteiger partial charge on any atom is -0.494 e. The quantitative estimate of drug-likeness (QED) is 0.268. The summed E-state index contributed by atoms with van der Waals surface area (Å²) in [5.41, 5.74) is 0.200. The zero-order valence-corrected chi connectivity index (χ0v) is 15.3. The minimum absolute atomic E-state index is 0.105. The van der Waals surface area contributed by atoms with Crippen LogP contribution in [-0.4, -0.2) is 21.0 Å². The molecule has 0 saturated carbocycles. The Hall–Kier alpha value is -1.45. The molecule has 0 saturated heterocycles. The van der Waals surface area contributed by atoms with E-state index in [4.69, 9.17) is 0 Å². The summed E-state index contributed by atoms with van der Waals surface area (Å²) in [5.74, 6) is -0.500. The average molecular weight is 338 g/mol. The number of H-pyrrole nitrogens is 1. The zero-order chi connectivity index (χ0) is 17.6. The number of nitrogens with one attached hydrogen (secondary N) is 1. The number of carbonyl (C=O) groups excluding carboxylic acids is 1. The first-order valence-electron chi connectivity index (χ1n) is 9.79. The Labute approximate surface area is 146 Å². The number of Topliss-reactive ketones (excluding diaryl/α,β-unsaturated/α-hetero) is 1. The molecule has 0 aliphatic carbocycles. The molecule has 0 unspecified atom stereocenters. The monoisotopic (exact) mass is 337 g/mol. The molecule has 1 heterocycles. The summed E-state index contributed by atoms with van der Waals surface area (Å²) in [6.45, 7) is 2.25. The molecule has 0 aliphatic heterocycles. The molecule has 0 spiro atoms. The van der Waals surface area contributed by atoms with Crippen molar-refractivity contribution in [2.24, 2.45) is 0 Å². The van der Waals surface area contributed by atoms with Gasteiger partial charge in [0, 0.05) is 12.5 Å². The molecule has 0 fully saturated rings. The van der Waals surface area contributed by atoms with Crippen LogP contribution in [0.1, 0.15) is 107 Å². The van der Waals surface area contributed by atoms with E-state index in [1.165, 1.54) is 76.7 Å². The van der Waals surface area contributed by atoms with Crippen molar-refractivity contribution in [3.63, 3.8) is 0 Å². The lowest BCUT2D eigenvalue weighted by atomic mass is 10.0. The van der Waals surface area contributed by atoms with E-state index in [1.54, 1.807) is 0 Å². The molecular formula is C20H35NO3. The van der Waals surface area contributed by atoms with Crippen LogP contribution in [0.2, 0.25) is 0 Å². The number of aromatic nitrogens is 1. The minimum atomic E-state index is -0.229. The Morgan fingerprint density at radius 3 is 1.71 bits per heavy atom. The Bertz CT molecular complexity index is 454. The number of unbranched alkanes of at least 4 members (excludes halogenated alkanes) is 12. The second-order valence-electron chi connectivity index (χ2n) is 6.83. The fourth-order valence-corrected chi connectivity index (χ4v) is 3.08. The topological polar surface area (TPSA) is 73.3 Å². The van der Waals surface area contributed by atoms with Gasteiger partial charge >= 0.3 is 0 Å². The largest absolute Gasteiger partial charge is 0.494 e. The maximum atomic E-state index is 11.9. The predicted molar refractivity (Wildman–Crippen MR) is 98.8 cm³/mol. The highest BCUT2D eigenvalue weighted by molar-refractivity contribution is 5.98. The highest BCUT2D eigenvalue weighted by atomic mass is 16.3. The van der Waals surface area contributed by atoms with Crippen LogP contribution in [0.4, 0.5) is 0 Å². The summed E-state index contributed by atoms with van der Waals surface area (Å²) in [6, 6.07) is 1.29.